The van der Waals surface area contributed by atoms with Gasteiger partial charge in [-0.3, -0.25) is 0 Å². The van der Waals surface area contributed by atoms with Crippen molar-refractivity contribution in [2.24, 2.45) is 0 Å². The van der Waals surface area contributed by atoms with E-state index in [4.69, 9.17) is 0 Å². The number of fused-ring (bicyclic) bond motifs is 1. The van der Waals surface area contributed by atoms with E-state index in [1.165, 1.54) is 19.3 Å². The molecule has 0 radical (unpaired) electrons. The molecule has 0 spiro atoms. The first-order valence-corrected chi connectivity index (χ1v) is 4.68. The normalized spacial score (nSPS) is 42.0. The van der Waals surface area contributed by atoms with Crippen LogP contribution in [0.15, 0.2) is 0 Å². The molecule has 0 amide bonds. The molecule has 1 saturated carbocycles. The third-order valence-electron chi connectivity index (χ3n) is 2.90. The number of piperazine rings is 1. The van der Waals surface area contributed by atoms with Crippen molar-refractivity contribution < 1.29 is 0 Å². The summed E-state index contributed by atoms with van der Waals surface area (Å²) in [4.78, 5) is 0. The Morgan fingerprint density at radius 1 is 1.18 bits per heavy atom. The highest BCUT2D eigenvalue weighted by atomic mass is 15.2. The summed E-state index contributed by atoms with van der Waals surface area (Å²) in [6.45, 7) is 5.66. The van der Waals surface area contributed by atoms with Crippen LogP contribution in [0.3, 0.4) is 0 Å². The summed E-state index contributed by atoms with van der Waals surface area (Å²) in [5.74, 6) is 0. The number of hydrogen-bond acceptors (Lipinski definition) is 2. The third kappa shape index (κ3) is 1.42. The lowest BCUT2D eigenvalue weighted by molar-refractivity contribution is 0.228. The average Bonchev–Trinajstić information content (AvgIpc) is 2.31. The lowest BCUT2D eigenvalue weighted by Gasteiger charge is -2.40. The molecule has 0 unspecified atom stereocenters. The molecule has 1 aliphatic heterocycles. The summed E-state index contributed by atoms with van der Waals surface area (Å²) in [6, 6.07) is 1.52. The monoisotopic (exact) mass is 154 g/mol. The minimum absolute atomic E-state index is 0.311. The second kappa shape index (κ2) is 2.46. The van der Waals surface area contributed by atoms with E-state index in [1.54, 1.807) is 0 Å². The van der Waals surface area contributed by atoms with E-state index in [0.29, 0.717) is 5.54 Å². The first-order chi connectivity index (χ1) is 5.17. The molecule has 2 rings (SSSR count). The zero-order valence-electron chi connectivity index (χ0n) is 7.48. The fourth-order valence-electron chi connectivity index (χ4n) is 2.32. The van der Waals surface area contributed by atoms with Crippen LogP contribution < -0.4 is 10.6 Å². The molecular formula is C9H18N2. The highest BCUT2D eigenvalue weighted by Crippen LogP contribution is 2.24. The first-order valence-electron chi connectivity index (χ1n) is 4.68. The molecule has 0 aromatic heterocycles. The predicted octanol–water partition coefficient (Wildman–Crippen LogP) is 0.879. The maximum absolute atomic E-state index is 3.69. The molecular weight excluding hydrogens is 136 g/mol. The van der Waals surface area contributed by atoms with Gasteiger partial charge >= 0.3 is 0 Å². The van der Waals surface area contributed by atoms with Crippen LogP contribution in [0.5, 0.6) is 0 Å². The first kappa shape index (κ1) is 7.56. The average molecular weight is 154 g/mol. The largest absolute Gasteiger partial charge is 0.311 e. The Morgan fingerprint density at radius 3 is 2.73 bits per heavy atom. The Bertz CT molecular complexity index is 154. The van der Waals surface area contributed by atoms with Gasteiger partial charge in [0.1, 0.15) is 0 Å². The van der Waals surface area contributed by atoms with Gasteiger partial charge in [0.25, 0.3) is 0 Å². The van der Waals surface area contributed by atoms with Gasteiger partial charge in [0.15, 0.2) is 0 Å². The van der Waals surface area contributed by atoms with Gasteiger partial charge in [-0.05, 0) is 26.7 Å². The molecule has 1 heterocycles. The van der Waals surface area contributed by atoms with Gasteiger partial charge in [0.2, 0.25) is 0 Å². The Labute approximate surface area is 68.7 Å². The maximum Gasteiger partial charge on any atom is 0.0252 e. The molecule has 2 fully saturated rings. The van der Waals surface area contributed by atoms with E-state index in [0.717, 1.165) is 18.6 Å². The van der Waals surface area contributed by atoms with E-state index in [2.05, 4.69) is 24.5 Å². The van der Waals surface area contributed by atoms with E-state index >= 15 is 0 Å². The summed E-state index contributed by atoms with van der Waals surface area (Å²) in [5, 5.41) is 7.30. The van der Waals surface area contributed by atoms with Gasteiger partial charge < -0.3 is 10.6 Å². The van der Waals surface area contributed by atoms with Gasteiger partial charge in [-0.25, -0.2) is 0 Å². The molecule has 0 bridgehead atoms. The molecule has 1 saturated heterocycles. The molecule has 2 atom stereocenters. The van der Waals surface area contributed by atoms with E-state index in [9.17, 15) is 0 Å². The molecule has 2 heteroatoms. The van der Waals surface area contributed by atoms with Gasteiger partial charge in [-0.15, -0.1) is 0 Å². The second-order valence-electron chi connectivity index (χ2n) is 4.55. The van der Waals surface area contributed by atoms with Gasteiger partial charge in [-0.2, -0.15) is 0 Å². The second-order valence-corrected chi connectivity index (χ2v) is 4.55. The summed E-state index contributed by atoms with van der Waals surface area (Å²) < 4.78 is 0. The Balaban J connectivity index is 2.02. The molecule has 0 aromatic rings. The smallest absolute Gasteiger partial charge is 0.0252 e. The molecule has 11 heavy (non-hydrogen) atoms. The zero-order valence-corrected chi connectivity index (χ0v) is 7.48. The molecule has 2 aliphatic rings. The van der Waals surface area contributed by atoms with Crippen LogP contribution in [0.1, 0.15) is 33.1 Å². The van der Waals surface area contributed by atoms with Crippen LogP contribution in [0, 0.1) is 0 Å². The van der Waals surface area contributed by atoms with Crippen LogP contribution in [-0.4, -0.2) is 24.2 Å². The molecule has 64 valence electrons. The maximum atomic E-state index is 3.69. The van der Waals surface area contributed by atoms with Crippen LogP contribution in [-0.2, 0) is 0 Å². The lowest BCUT2D eigenvalue weighted by Crippen LogP contribution is -2.63. The highest BCUT2D eigenvalue weighted by Gasteiger charge is 2.36. The fourth-order valence-corrected chi connectivity index (χ4v) is 2.32. The van der Waals surface area contributed by atoms with E-state index in [-0.39, 0.29) is 0 Å². The Kier molecular flexibility index (Phi) is 1.69. The SMILES string of the molecule is CC1(C)CN[C@H]2CCC[C@H]2N1. The predicted molar refractivity (Wildman–Crippen MR) is 46.6 cm³/mol. The van der Waals surface area contributed by atoms with Crippen molar-refractivity contribution >= 4 is 0 Å². The standard InChI is InChI=1S/C9H18N2/c1-9(2)6-10-7-4-3-5-8(7)11-9/h7-8,10-11H,3-6H2,1-2H3/t7-,8+/m0/s1. The van der Waals surface area contributed by atoms with Crippen LogP contribution >= 0.6 is 0 Å². The summed E-state index contributed by atoms with van der Waals surface area (Å²) in [6.07, 6.45) is 4.13. The van der Waals surface area contributed by atoms with Crippen molar-refractivity contribution in [3.8, 4) is 0 Å². The van der Waals surface area contributed by atoms with E-state index < -0.39 is 0 Å². The van der Waals surface area contributed by atoms with Crippen LogP contribution in [0.4, 0.5) is 0 Å². The van der Waals surface area contributed by atoms with Crippen LogP contribution in [0.2, 0.25) is 0 Å². The lowest BCUT2D eigenvalue weighted by atomic mass is 9.97. The van der Waals surface area contributed by atoms with Crippen molar-refractivity contribution in [1.29, 1.82) is 0 Å². The number of nitrogens with one attached hydrogen (secondary N) is 2. The molecule has 1 aliphatic carbocycles. The minimum atomic E-state index is 0.311. The molecule has 0 aromatic carbocycles. The van der Waals surface area contributed by atoms with Gasteiger partial charge in [0, 0.05) is 24.2 Å². The van der Waals surface area contributed by atoms with Gasteiger partial charge in [0.05, 0.1) is 0 Å². The minimum Gasteiger partial charge on any atom is -0.311 e. The quantitative estimate of drug-likeness (QED) is 0.541. The van der Waals surface area contributed by atoms with Crippen LogP contribution in [0.25, 0.3) is 0 Å². The molecule has 2 N–H and O–H groups in total. The fraction of sp³-hybridized carbons (Fsp3) is 1.00. The Morgan fingerprint density at radius 2 is 1.91 bits per heavy atom. The highest BCUT2D eigenvalue weighted by molar-refractivity contribution is 4.99. The summed E-state index contributed by atoms with van der Waals surface area (Å²) in [7, 11) is 0. The van der Waals surface area contributed by atoms with Crippen molar-refractivity contribution in [2.45, 2.75) is 50.7 Å². The van der Waals surface area contributed by atoms with Crippen molar-refractivity contribution in [1.82, 2.24) is 10.6 Å². The summed E-state index contributed by atoms with van der Waals surface area (Å²) in [5.41, 5.74) is 0.311. The summed E-state index contributed by atoms with van der Waals surface area (Å²) >= 11 is 0. The zero-order chi connectivity index (χ0) is 7.90. The van der Waals surface area contributed by atoms with Crippen molar-refractivity contribution in [3.05, 3.63) is 0 Å². The van der Waals surface area contributed by atoms with E-state index in [1.807, 2.05) is 0 Å². The van der Waals surface area contributed by atoms with Gasteiger partial charge in [-0.1, -0.05) is 6.42 Å². The number of rotatable bonds is 0. The topological polar surface area (TPSA) is 24.1 Å². The Hall–Kier alpha value is -0.0800. The number of hydrogen-bond donors (Lipinski definition) is 2. The molecule has 2 nitrogen and oxygen atoms in total. The van der Waals surface area contributed by atoms with Crippen molar-refractivity contribution in [2.75, 3.05) is 6.54 Å². The third-order valence-corrected chi connectivity index (χ3v) is 2.90. The van der Waals surface area contributed by atoms with Crippen molar-refractivity contribution in [3.63, 3.8) is 0 Å².